The van der Waals surface area contributed by atoms with Crippen LogP contribution in [0.4, 0.5) is 5.82 Å². The molecule has 5 nitrogen and oxygen atoms in total. The van der Waals surface area contributed by atoms with Gasteiger partial charge in [0.25, 0.3) is 5.91 Å². The molecule has 1 aromatic heterocycles. The summed E-state index contributed by atoms with van der Waals surface area (Å²) in [5.41, 5.74) is 5.35. The van der Waals surface area contributed by atoms with E-state index >= 15 is 0 Å². The lowest BCUT2D eigenvalue weighted by atomic mass is 9.98. The smallest absolute Gasteiger partial charge is 0.253 e. The lowest BCUT2D eigenvalue weighted by Crippen LogP contribution is -2.49. The maximum absolute atomic E-state index is 12.1. The summed E-state index contributed by atoms with van der Waals surface area (Å²) in [6.07, 6.45) is 5.01. The Morgan fingerprint density at radius 3 is 2.78 bits per heavy atom. The summed E-state index contributed by atoms with van der Waals surface area (Å²) in [5.74, 6) is -0.0775. The molecule has 1 heterocycles. The molecule has 0 spiro atoms. The number of pyridine rings is 1. The minimum atomic E-state index is -0.495. The number of aliphatic hydroxyl groups is 1. The van der Waals surface area contributed by atoms with Crippen LogP contribution in [0.2, 0.25) is 5.02 Å². The highest BCUT2D eigenvalue weighted by Crippen LogP contribution is 2.29. The summed E-state index contributed by atoms with van der Waals surface area (Å²) in [4.78, 5) is 15.9. The predicted octanol–water partition coefficient (Wildman–Crippen LogP) is 1.35. The van der Waals surface area contributed by atoms with Crippen molar-refractivity contribution < 1.29 is 9.90 Å². The largest absolute Gasteiger partial charge is 0.394 e. The lowest BCUT2D eigenvalue weighted by Gasteiger charge is -2.27. The Hall–Kier alpha value is -1.33. The zero-order valence-electron chi connectivity index (χ0n) is 9.95. The Morgan fingerprint density at radius 1 is 1.56 bits per heavy atom. The quantitative estimate of drug-likeness (QED) is 0.773. The minimum Gasteiger partial charge on any atom is -0.394 e. The van der Waals surface area contributed by atoms with Gasteiger partial charge in [0.05, 0.1) is 22.7 Å². The number of hydrogen-bond acceptors (Lipinski definition) is 4. The Morgan fingerprint density at radius 2 is 2.22 bits per heavy atom. The van der Waals surface area contributed by atoms with E-state index in [0.717, 1.165) is 25.7 Å². The summed E-state index contributed by atoms with van der Waals surface area (Å²) in [6, 6.07) is 1.49. The van der Waals surface area contributed by atoms with Crippen molar-refractivity contribution in [3.63, 3.8) is 0 Å². The predicted molar refractivity (Wildman–Crippen MR) is 69.4 cm³/mol. The number of aliphatic hydroxyl groups excluding tert-OH is 1. The third kappa shape index (κ3) is 2.57. The van der Waals surface area contributed by atoms with Crippen LogP contribution in [0.5, 0.6) is 0 Å². The molecule has 0 radical (unpaired) electrons. The molecule has 98 valence electrons. The van der Waals surface area contributed by atoms with E-state index in [9.17, 15) is 9.90 Å². The third-order valence-corrected chi connectivity index (χ3v) is 3.68. The summed E-state index contributed by atoms with van der Waals surface area (Å²) >= 11 is 5.83. The van der Waals surface area contributed by atoms with Crippen molar-refractivity contribution in [1.82, 2.24) is 10.3 Å². The summed E-state index contributed by atoms with van der Waals surface area (Å²) in [5, 5.41) is 12.6. The Kier molecular flexibility index (Phi) is 3.73. The minimum absolute atomic E-state index is 0.0468. The Bertz CT molecular complexity index is 459. The number of amides is 1. The van der Waals surface area contributed by atoms with Crippen molar-refractivity contribution in [2.45, 2.75) is 31.2 Å². The van der Waals surface area contributed by atoms with Gasteiger partial charge in [-0.1, -0.05) is 24.4 Å². The molecule has 4 N–H and O–H groups in total. The maximum atomic E-state index is 12.1. The average Bonchev–Trinajstić information content (AvgIpc) is 2.82. The van der Waals surface area contributed by atoms with Crippen LogP contribution in [0.25, 0.3) is 0 Å². The van der Waals surface area contributed by atoms with Gasteiger partial charge in [-0.25, -0.2) is 4.98 Å². The van der Waals surface area contributed by atoms with Crippen molar-refractivity contribution in [3.05, 3.63) is 22.8 Å². The van der Waals surface area contributed by atoms with Crippen molar-refractivity contribution in [2.24, 2.45) is 0 Å². The van der Waals surface area contributed by atoms with E-state index in [1.165, 1.54) is 12.3 Å². The molecule has 0 atom stereocenters. The molecule has 0 bridgehead atoms. The third-order valence-electron chi connectivity index (χ3n) is 3.37. The first-order chi connectivity index (χ1) is 8.56. The first-order valence-electron chi connectivity index (χ1n) is 5.91. The number of hydrogen-bond donors (Lipinski definition) is 3. The molecule has 2 rings (SSSR count). The number of nitrogens with one attached hydrogen (secondary N) is 1. The van der Waals surface area contributed by atoms with Crippen LogP contribution < -0.4 is 11.1 Å². The van der Waals surface area contributed by atoms with E-state index in [1.807, 2.05) is 0 Å². The van der Waals surface area contributed by atoms with E-state index < -0.39 is 5.54 Å². The van der Waals surface area contributed by atoms with Gasteiger partial charge in [0.1, 0.15) is 5.82 Å². The van der Waals surface area contributed by atoms with E-state index in [-0.39, 0.29) is 23.4 Å². The number of carbonyl (C=O) groups is 1. The average molecular weight is 270 g/mol. The summed E-state index contributed by atoms with van der Waals surface area (Å²) in [6.45, 7) is -0.0468. The van der Waals surface area contributed by atoms with E-state index in [2.05, 4.69) is 10.3 Å². The number of nitrogens with zero attached hydrogens (tertiary/aromatic N) is 1. The highest BCUT2D eigenvalue weighted by atomic mass is 35.5. The first kappa shape index (κ1) is 13.1. The SMILES string of the molecule is Nc1ncc(C(=O)NC2(CO)CCCC2)cc1Cl. The first-order valence-corrected chi connectivity index (χ1v) is 6.28. The van der Waals surface area contributed by atoms with Gasteiger partial charge in [-0.15, -0.1) is 0 Å². The van der Waals surface area contributed by atoms with Gasteiger partial charge >= 0.3 is 0 Å². The zero-order chi connectivity index (χ0) is 13.2. The molecule has 0 saturated heterocycles. The standard InChI is InChI=1S/C12H16ClN3O2/c13-9-5-8(6-15-10(9)14)11(18)16-12(7-17)3-1-2-4-12/h5-6,17H,1-4,7H2,(H2,14,15)(H,16,18). The van der Waals surface area contributed by atoms with E-state index in [1.54, 1.807) is 0 Å². The van der Waals surface area contributed by atoms with Gasteiger partial charge in [0.2, 0.25) is 0 Å². The molecule has 0 unspecified atom stereocenters. The van der Waals surface area contributed by atoms with Crippen molar-refractivity contribution in [2.75, 3.05) is 12.3 Å². The topological polar surface area (TPSA) is 88.2 Å². The summed E-state index contributed by atoms with van der Waals surface area (Å²) in [7, 11) is 0. The van der Waals surface area contributed by atoms with Crippen molar-refractivity contribution in [3.8, 4) is 0 Å². The second kappa shape index (κ2) is 5.12. The van der Waals surface area contributed by atoms with Gasteiger partial charge < -0.3 is 16.2 Å². The fourth-order valence-corrected chi connectivity index (χ4v) is 2.43. The lowest BCUT2D eigenvalue weighted by molar-refractivity contribution is 0.0838. The molecule has 18 heavy (non-hydrogen) atoms. The number of nitrogen functional groups attached to an aromatic ring is 1. The number of anilines is 1. The van der Waals surface area contributed by atoms with Crippen molar-refractivity contribution >= 4 is 23.3 Å². The maximum Gasteiger partial charge on any atom is 0.253 e. The normalized spacial score (nSPS) is 17.7. The van der Waals surface area contributed by atoms with Crippen LogP contribution in [0.1, 0.15) is 36.0 Å². The summed E-state index contributed by atoms with van der Waals surface area (Å²) < 4.78 is 0. The molecule has 6 heteroatoms. The fourth-order valence-electron chi connectivity index (χ4n) is 2.26. The molecule has 1 saturated carbocycles. The molecule has 1 amide bonds. The number of aromatic nitrogens is 1. The molecule has 0 aliphatic heterocycles. The molecular weight excluding hydrogens is 254 g/mol. The number of rotatable bonds is 3. The van der Waals surface area contributed by atoms with E-state index in [4.69, 9.17) is 17.3 Å². The van der Waals surface area contributed by atoms with Gasteiger partial charge in [0.15, 0.2) is 0 Å². The van der Waals surface area contributed by atoms with Crippen LogP contribution in [-0.2, 0) is 0 Å². The molecule has 0 aromatic carbocycles. The van der Waals surface area contributed by atoms with Crippen LogP contribution in [0, 0.1) is 0 Å². The van der Waals surface area contributed by atoms with Gasteiger partial charge in [-0.3, -0.25) is 4.79 Å². The van der Waals surface area contributed by atoms with E-state index in [0.29, 0.717) is 5.56 Å². The molecular formula is C12H16ClN3O2. The zero-order valence-corrected chi connectivity index (χ0v) is 10.7. The van der Waals surface area contributed by atoms with Crippen molar-refractivity contribution in [1.29, 1.82) is 0 Å². The second-order valence-corrected chi connectivity index (χ2v) is 5.10. The molecule has 1 aliphatic carbocycles. The highest BCUT2D eigenvalue weighted by molar-refractivity contribution is 6.33. The number of nitrogens with two attached hydrogens (primary N) is 1. The monoisotopic (exact) mass is 269 g/mol. The van der Waals surface area contributed by atoms with Crippen LogP contribution in [-0.4, -0.2) is 28.1 Å². The van der Waals surface area contributed by atoms with Gasteiger partial charge in [-0.2, -0.15) is 0 Å². The molecule has 1 fully saturated rings. The fraction of sp³-hybridized carbons (Fsp3) is 0.500. The Balaban J connectivity index is 2.13. The molecule has 1 aliphatic rings. The second-order valence-electron chi connectivity index (χ2n) is 4.69. The molecule has 1 aromatic rings. The highest BCUT2D eigenvalue weighted by Gasteiger charge is 2.34. The van der Waals surface area contributed by atoms with Crippen LogP contribution >= 0.6 is 11.6 Å². The van der Waals surface area contributed by atoms with Crippen LogP contribution in [0.15, 0.2) is 12.3 Å². The number of halogens is 1. The Labute approximate surface area is 110 Å². The van der Waals surface area contributed by atoms with Gasteiger partial charge in [0, 0.05) is 6.20 Å². The number of carbonyl (C=O) groups excluding carboxylic acids is 1. The van der Waals surface area contributed by atoms with Crippen LogP contribution in [0.3, 0.4) is 0 Å². The van der Waals surface area contributed by atoms with Gasteiger partial charge in [-0.05, 0) is 18.9 Å².